The largest absolute Gasteiger partial charge is 0.458 e. The van der Waals surface area contributed by atoms with Gasteiger partial charge >= 0.3 is 5.97 Å². The number of nitrogens with zero attached hydrogens (tertiary/aromatic N) is 1. The molecule has 0 aromatic heterocycles. The maximum absolute atomic E-state index is 12.3. The van der Waals surface area contributed by atoms with E-state index in [4.69, 9.17) is 4.74 Å². The molecular formula is C15H13NO4. The maximum Gasteiger partial charge on any atom is 0.303 e. The van der Waals surface area contributed by atoms with Crippen LogP contribution in [0.1, 0.15) is 34.1 Å². The highest BCUT2D eigenvalue weighted by Gasteiger charge is 2.41. The molecule has 1 aromatic carbocycles. The third-order valence-corrected chi connectivity index (χ3v) is 3.50. The SMILES string of the molecule is CC(=O)O[C@@H]1C=C[C@H](N2C(=O)c3ccccc3C2=O)C1. The fourth-order valence-electron chi connectivity index (χ4n) is 2.65. The standard InChI is InChI=1S/C15H13NO4/c1-9(17)20-11-7-6-10(8-11)16-14(18)12-4-2-3-5-13(12)15(16)19/h2-7,10-11H,8H2,1H3/t10-,11+/m0/s1. The number of hydrogen-bond acceptors (Lipinski definition) is 4. The Labute approximate surface area is 115 Å². The van der Waals surface area contributed by atoms with Crippen molar-refractivity contribution in [3.8, 4) is 0 Å². The molecule has 1 heterocycles. The molecule has 5 nitrogen and oxygen atoms in total. The predicted octanol–water partition coefficient (Wildman–Crippen LogP) is 1.54. The lowest BCUT2D eigenvalue weighted by atomic mass is 10.1. The Balaban J connectivity index is 1.81. The van der Waals surface area contributed by atoms with Crippen molar-refractivity contribution in [2.75, 3.05) is 0 Å². The molecule has 0 bridgehead atoms. The summed E-state index contributed by atoms with van der Waals surface area (Å²) in [5, 5.41) is 0. The second-order valence-electron chi connectivity index (χ2n) is 4.86. The molecule has 20 heavy (non-hydrogen) atoms. The molecule has 1 aliphatic heterocycles. The van der Waals surface area contributed by atoms with E-state index in [2.05, 4.69) is 0 Å². The number of benzene rings is 1. The third kappa shape index (κ3) is 1.91. The van der Waals surface area contributed by atoms with E-state index in [0.717, 1.165) is 0 Å². The van der Waals surface area contributed by atoms with E-state index in [1.807, 2.05) is 0 Å². The van der Waals surface area contributed by atoms with Crippen molar-refractivity contribution in [2.24, 2.45) is 0 Å². The van der Waals surface area contributed by atoms with Crippen molar-refractivity contribution >= 4 is 17.8 Å². The van der Waals surface area contributed by atoms with Crippen LogP contribution in [0.15, 0.2) is 36.4 Å². The average Bonchev–Trinajstić information content (AvgIpc) is 2.94. The van der Waals surface area contributed by atoms with Gasteiger partial charge in [-0.3, -0.25) is 19.3 Å². The third-order valence-electron chi connectivity index (χ3n) is 3.50. The van der Waals surface area contributed by atoms with Gasteiger partial charge in [-0.2, -0.15) is 0 Å². The number of hydrogen-bond donors (Lipinski definition) is 0. The van der Waals surface area contributed by atoms with Crippen LogP contribution in [0, 0.1) is 0 Å². The normalized spacial score (nSPS) is 24.1. The number of carbonyl (C=O) groups is 3. The number of esters is 1. The van der Waals surface area contributed by atoms with Crippen molar-refractivity contribution < 1.29 is 19.1 Å². The predicted molar refractivity (Wildman–Crippen MR) is 70.0 cm³/mol. The van der Waals surface area contributed by atoms with Crippen LogP contribution in [0.5, 0.6) is 0 Å². The van der Waals surface area contributed by atoms with Gasteiger partial charge in [0.15, 0.2) is 0 Å². The second kappa shape index (κ2) is 4.59. The van der Waals surface area contributed by atoms with E-state index in [1.54, 1.807) is 36.4 Å². The molecule has 2 amide bonds. The highest BCUT2D eigenvalue weighted by atomic mass is 16.5. The number of imide groups is 1. The van der Waals surface area contributed by atoms with Crippen molar-refractivity contribution in [3.05, 3.63) is 47.5 Å². The molecule has 102 valence electrons. The molecule has 5 heteroatoms. The van der Waals surface area contributed by atoms with E-state index in [-0.39, 0.29) is 29.9 Å². The monoisotopic (exact) mass is 271 g/mol. The summed E-state index contributed by atoms with van der Waals surface area (Å²) < 4.78 is 5.07. The number of carbonyl (C=O) groups excluding carboxylic acids is 3. The van der Waals surface area contributed by atoms with Gasteiger partial charge in [0.1, 0.15) is 6.10 Å². The van der Waals surface area contributed by atoms with Gasteiger partial charge in [0, 0.05) is 13.3 Å². The first-order chi connectivity index (χ1) is 9.58. The minimum atomic E-state index is -0.373. The number of ether oxygens (including phenoxy) is 1. The summed E-state index contributed by atoms with van der Waals surface area (Å²) in [6, 6.07) is 6.42. The molecule has 0 N–H and O–H groups in total. The Hall–Kier alpha value is -2.43. The molecule has 0 unspecified atom stereocenters. The van der Waals surface area contributed by atoms with Crippen LogP contribution in [-0.2, 0) is 9.53 Å². The maximum atomic E-state index is 12.3. The van der Waals surface area contributed by atoms with Gasteiger partial charge in [-0.25, -0.2) is 0 Å². The van der Waals surface area contributed by atoms with Gasteiger partial charge in [0.05, 0.1) is 17.2 Å². The van der Waals surface area contributed by atoms with E-state index in [0.29, 0.717) is 17.5 Å². The first-order valence-corrected chi connectivity index (χ1v) is 6.40. The van der Waals surface area contributed by atoms with Gasteiger partial charge < -0.3 is 4.74 Å². The zero-order chi connectivity index (χ0) is 14.3. The topological polar surface area (TPSA) is 63.7 Å². The molecule has 1 aliphatic carbocycles. The summed E-state index contributed by atoms with van der Waals surface area (Å²) in [6.07, 6.45) is 3.51. The highest BCUT2D eigenvalue weighted by Crippen LogP contribution is 2.29. The zero-order valence-electron chi connectivity index (χ0n) is 10.9. The van der Waals surface area contributed by atoms with E-state index >= 15 is 0 Å². The van der Waals surface area contributed by atoms with E-state index in [1.165, 1.54) is 11.8 Å². The molecule has 2 aliphatic rings. The van der Waals surface area contributed by atoms with Gasteiger partial charge in [0.2, 0.25) is 0 Å². The van der Waals surface area contributed by atoms with Crippen molar-refractivity contribution in [2.45, 2.75) is 25.5 Å². The smallest absolute Gasteiger partial charge is 0.303 e. The Morgan fingerprint density at radius 1 is 1.15 bits per heavy atom. The zero-order valence-corrected chi connectivity index (χ0v) is 10.9. The van der Waals surface area contributed by atoms with Crippen LogP contribution < -0.4 is 0 Å². The fourth-order valence-corrected chi connectivity index (χ4v) is 2.65. The first kappa shape index (κ1) is 12.6. The molecule has 0 saturated heterocycles. The quantitative estimate of drug-likeness (QED) is 0.465. The Morgan fingerprint density at radius 3 is 2.30 bits per heavy atom. The van der Waals surface area contributed by atoms with Crippen LogP contribution >= 0.6 is 0 Å². The van der Waals surface area contributed by atoms with E-state index in [9.17, 15) is 14.4 Å². The van der Waals surface area contributed by atoms with Gasteiger partial charge in [-0.15, -0.1) is 0 Å². The molecule has 2 atom stereocenters. The summed E-state index contributed by atoms with van der Waals surface area (Å²) in [4.78, 5) is 36.7. The number of rotatable bonds is 2. The fraction of sp³-hybridized carbons (Fsp3) is 0.267. The number of fused-ring (bicyclic) bond motifs is 1. The average molecular weight is 271 g/mol. The van der Waals surface area contributed by atoms with Crippen molar-refractivity contribution in [3.63, 3.8) is 0 Å². The molecule has 3 rings (SSSR count). The lowest BCUT2D eigenvalue weighted by Gasteiger charge is -2.21. The molecule has 0 saturated carbocycles. The van der Waals surface area contributed by atoms with Crippen LogP contribution in [0.3, 0.4) is 0 Å². The first-order valence-electron chi connectivity index (χ1n) is 6.40. The molecule has 0 spiro atoms. The Morgan fingerprint density at radius 2 is 1.75 bits per heavy atom. The summed E-state index contributed by atoms with van der Waals surface area (Å²) in [5.74, 6) is -0.949. The minimum absolute atomic E-state index is 0.288. The molecular weight excluding hydrogens is 258 g/mol. The molecule has 1 aromatic rings. The van der Waals surface area contributed by atoms with Crippen molar-refractivity contribution in [1.29, 1.82) is 0 Å². The summed E-state index contributed by atoms with van der Waals surface area (Å²) in [7, 11) is 0. The van der Waals surface area contributed by atoms with Crippen LogP contribution in [0.2, 0.25) is 0 Å². The lowest BCUT2D eigenvalue weighted by molar-refractivity contribution is -0.144. The summed E-state index contributed by atoms with van der Waals surface area (Å²) >= 11 is 0. The summed E-state index contributed by atoms with van der Waals surface area (Å²) in [5.41, 5.74) is 0.865. The van der Waals surface area contributed by atoms with Crippen LogP contribution in [-0.4, -0.2) is 34.8 Å². The molecule has 0 fully saturated rings. The molecule has 0 radical (unpaired) electrons. The lowest BCUT2D eigenvalue weighted by Crippen LogP contribution is -2.38. The highest BCUT2D eigenvalue weighted by molar-refractivity contribution is 6.21. The van der Waals surface area contributed by atoms with Gasteiger partial charge in [0.25, 0.3) is 11.8 Å². The Kier molecular flexibility index (Phi) is 2.89. The van der Waals surface area contributed by atoms with Gasteiger partial charge in [-0.1, -0.05) is 18.2 Å². The van der Waals surface area contributed by atoms with Gasteiger partial charge in [-0.05, 0) is 18.2 Å². The number of amides is 2. The van der Waals surface area contributed by atoms with Crippen molar-refractivity contribution in [1.82, 2.24) is 4.90 Å². The van der Waals surface area contributed by atoms with Crippen LogP contribution in [0.25, 0.3) is 0 Å². The minimum Gasteiger partial charge on any atom is -0.458 e. The second-order valence-corrected chi connectivity index (χ2v) is 4.86. The van der Waals surface area contributed by atoms with E-state index < -0.39 is 0 Å². The Bertz CT molecular complexity index is 600. The summed E-state index contributed by atoms with van der Waals surface area (Å²) in [6.45, 7) is 1.34. The van der Waals surface area contributed by atoms with Crippen LogP contribution in [0.4, 0.5) is 0 Å².